The molecule has 1 N–H and O–H groups in total. The van der Waals surface area contributed by atoms with Gasteiger partial charge in [0.05, 0.1) is 18.7 Å². The molecule has 0 radical (unpaired) electrons. The van der Waals surface area contributed by atoms with E-state index in [0.29, 0.717) is 30.8 Å². The van der Waals surface area contributed by atoms with Crippen LogP contribution in [-0.2, 0) is 5.60 Å². The van der Waals surface area contributed by atoms with Gasteiger partial charge in [-0.2, -0.15) is 0 Å². The van der Waals surface area contributed by atoms with Crippen LogP contribution in [0.3, 0.4) is 0 Å². The molecule has 1 heterocycles. The number of para-hydroxylation sites is 1. The van der Waals surface area contributed by atoms with Gasteiger partial charge in [0.1, 0.15) is 11.4 Å². The molecule has 26 heavy (non-hydrogen) atoms. The molecule has 1 saturated heterocycles. The number of methoxy groups -OCH3 is 1. The minimum atomic E-state index is -0.984. The molecule has 1 fully saturated rings. The molecule has 0 saturated carbocycles. The van der Waals surface area contributed by atoms with E-state index in [1.807, 2.05) is 61.5 Å². The van der Waals surface area contributed by atoms with E-state index in [1.54, 1.807) is 24.1 Å². The molecule has 0 aliphatic carbocycles. The summed E-state index contributed by atoms with van der Waals surface area (Å²) in [6, 6.07) is 16.8. The molecule has 138 valence electrons. The lowest BCUT2D eigenvalue weighted by atomic mass is 9.79. The summed E-state index contributed by atoms with van der Waals surface area (Å²) in [6.45, 7) is 0.946. The van der Waals surface area contributed by atoms with E-state index >= 15 is 0 Å². The average molecular weight is 354 g/mol. The molecule has 2 atom stereocenters. The highest BCUT2D eigenvalue weighted by Gasteiger charge is 2.45. The minimum absolute atomic E-state index is 0.0654. The molecule has 3 rings (SSSR count). The van der Waals surface area contributed by atoms with Crippen molar-refractivity contribution in [3.63, 3.8) is 0 Å². The zero-order valence-electron chi connectivity index (χ0n) is 15.6. The third-order valence-corrected chi connectivity index (χ3v) is 5.23. The second-order valence-electron chi connectivity index (χ2n) is 6.97. The normalized spacial score (nSPS) is 23.1. The number of likely N-dealkylation sites (N-methyl/N-ethyl adjacent to an activating group) is 1. The number of hydrogen-bond donors (Lipinski definition) is 1. The highest BCUT2D eigenvalue weighted by atomic mass is 16.5. The summed E-state index contributed by atoms with van der Waals surface area (Å²) < 4.78 is 5.33. The second-order valence-corrected chi connectivity index (χ2v) is 6.97. The molecule has 0 unspecified atom stereocenters. The van der Waals surface area contributed by atoms with Crippen molar-refractivity contribution in [2.75, 3.05) is 34.3 Å². The Balaban J connectivity index is 1.87. The fourth-order valence-corrected chi connectivity index (χ4v) is 3.75. The summed E-state index contributed by atoms with van der Waals surface area (Å²) in [5.41, 5.74) is 0.461. The summed E-state index contributed by atoms with van der Waals surface area (Å²) in [5.74, 6) is 0.507. The molecule has 5 nitrogen and oxygen atoms in total. The maximum Gasteiger partial charge on any atom is 0.257 e. The molecule has 2 aromatic carbocycles. The number of amides is 1. The summed E-state index contributed by atoms with van der Waals surface area (Å²) in [4.78, 5) is 16.8. The highest BCUT2D eigenvalue weighted by molar-refractivity contribution is 5.97. The van der Waals surface area contributed by atoms with Crippen molar-refractivity contribution in [2.45, 2.75) is 18.1 Å². The zero-order valence-corrected chi connectivity index (χ0v) is 15.6. The maximum absolute atomic E-state index is 13.0. The Bertz CT molecular complexity index is 763. The van der Waals surface area contributed by atoms with Crippen molar-refractivity contribution in [2.24, 2.45) is 0 Å². The fourth-order valence-electron chi connectivity index (χ4n) is 3.75. The van der Waals surface area contributed by atoms with Crippen molar-refractivity contribution in [1.82, 2.24) is 9.80 Å². The molecule has 0 spiro atoms. The zero-order chi connectivity index (χ0) is 18.7. The molecule has 5 heteroatoms. The fraction of sp³-hybridized carbons (Fsp3) is 0.381. The van der Waals surface area contributed by atoms with Crippen LogP contribution in [0, 0.1) is 0 Å². The van der Waals surface area contributed by atoms with E-state index in [9.17, 15) is 9.90 Å². The van der Waals surface area contributed by atoms with E-state index in [0.717, 1.165) is 5.56 Å². The van der Waals surface area contributed by atoms with Crippen LogP contribution in [0.15, 0.2) is 54.6 Å². The Hall–Kier alpha value is -2.37. The van der Waals surface area contributed by atoms with Crippen molar-refractivity contribution >= 4 is 5.91 Å². The number of carbonyl (C=O) groups excluding carboxylic acids is 1. The highest BCUT2D eigenvalue weighted by Crippen LogP contribution is 2.36. The summed E-state index contributed by atoms with van der Waals surface area (Å²) in [7, 11) is 5.45. The van der Waals surface area contributed by atoms with E-state index in [1.165, 1.54) is 0 Å². The van der Waals surface area contributed by atoms with Gasteiger partial charge in [-0.1, -0.05) is 42.5 Å². The van der Waals surface area contributed by atoms with Gasteiger partial charge in [0, 0.05) is 13.1 Å². The first-order chi connectivity index (χ1) is 12.5. The van der Waals surface area contributed by atoms with E-state index < -0.39 is 5.60 Å². The van der Waals surface area contributed by atoms with Gasteiger partial charge in [-0.3, -0.25) is 4.79 Å². The van der Waals surface area contributed by atoms with Crippen LogP contribution in [0.5, 0.6) is 5.75 Å². The number of piperidine rings is 1. The molecule has 0 aromatic heterocycles. The first kappa shape index (κ1) is 18.4. The predicted molar refractivity (Wildman–Crippen MR) is 101 cm³/mol. The standard InChI is InChI=1S/C21H26N2O3/c1-22(2)19-15-23(20(24)17-11-7-8-12-18(17)26-3)14-13-21(19,25)16-9-5-4-6-10-16/h4-12,19,25H,13-15H2,1-3H3/t19-,21-/m1/s1. The smallest absolute Gasteiger partial charge is 0.257 e. The Morgan fingerprint density at radius 1 is 1.15 bits per heavy atom. The second kappa shape index (κ2) is 7.48. The van der Waals surface area contributed by atoms with Gasteiger partial charge in [-0.15, -0.1) is 0 Å². The van der Waals surface area contributed by atoms with Crippen molar-refractivity contribution < 1.29 is 14.6 Å². The number of rotatable bonds is 4. The van der Waals surface area contributed by atoms with Crippen LogP contribution >= 0.6 is 0 Å². The molecule has 2 aromatic rings. The third kappa shape index (κ3) is 3.32. The van der Waals surface area contributed by atoms with Gasteiger partial charge >= 0.3 is 0 Å². The lowest BCUT2D eigenvalue weighted by Gasteiger charge is -2.47. The van der Waals surface area contributed by atoms with E-state index in [4.69, 9.17) is 4.74 Å². The van der Waals surface area contributed by atoms with Crippen LogP contribution in [0.25, 0.3) is 0 Å². The van der Waals surface area contributed by atoms with Crippen LogP contribution in [0.1, 0.15) is 22.3 Å². The van der Waals surface area contributed by atoms with Gasteiger partial charge in [-0.25, -0.2) is 0 Å². The van der Waals surface area contributed by atoms with Gasteiger partial charge < -0.3 is 19.6 Å². The number of ether oxygens (including phenoxy) is 1. The molecular formula is C21H26N2O3. The summed E-state index contributed by atoms with van der Waals surface area (Å²) >= 11 is 0. The first-order valence-corrected chi connectivity index (χ1v) is 8.84. The topological polar surface area (TPSA) is 53.0 Å². The van der Waals surface area contributed by atoms with Gasteiger partial charge in [0.15, 0.2) is 0 Å². The number of carbonyl (C=O) groups is 1. The minimum Gasteiger partial charge on any atom is -0.496 e. The molecular weight excluding hydrogens is 328 g/mol. The summed E-state index contributed by atoms with van der Waals surface area (Å²) in [6.07, 6.45) is 0.487. The Morgan fingerprint density at radius 2 is 1.81 bits per heavy atom. The molecule has 0 bridgehead atoms. The van der Waals surface area contributed by atoms with Gasteiger partial charge in [-0.05, 0) is 38.2 Å². The van der Waals surface area contributed by atoms with Crippen molar-refractivity contribution in [3.05, 3.63) is 65.7 Å². The van der Waals surface area contributed by atoms with E-state index in [-0.39, 0.29) is 11.9 Å². The number of hydrogen-bond acceptors (Lipinski definition) is 4. The molecule has 1 aliphatic rings. The maximum atomic E-state index is 13.0. The SMILES string of the molecule is COc1ccccc1C(=O)N1CC[C@@](O)(c2ccccc2)[C@H](N(C)C)C1. The van der Waals surface area contributed by atoms with E-state index in [2.05, 4.69) is 0 Å². The number of benzene rings is 2. The third-order valence-electron chi connectivity index (χ3n) is 5.23. The van der Waals surface area contributed by atoms with Crippen LogP contribution in [0.4, 0.5) is 0 Å². The lowest BCUT2D eigenvalue weighted by molar-refractivity contribution is -0.0810. The number of likely N-dealkylation sites (tertiary alicyclic amines) is 1. The van der Waals surface area contributed by atoms with Crippen molar-refractivity contribution in [1.29, 1.82) is 0 Å². The quantitative estimate of drug-likeness (QED) is 0.916. The van der Waals surface area contributed by atoms with Crippen LogP contribution < -0.4 is 4.74 Å². The Labute approximate surface area is 154 Å². The van der Waals surface area contributed by atoms with Gasteiger partial charge in [0.2, 0.25) is 0 Å². The predicted octanol–water partition coefficient (Wildman–Crippen LogP) is 2.36. The molecule has 1 amide bonds. The number of aliphatic hydroxyl groups is 1. The average Bonchev–Trinajstić information content (AvgIpc) is 2.68. The Kier molecular flexibility index (Phi) is 5.30. The lowest BCUT2D eigenvalue weighted by Crippen LogP contribution is -2.60. The summed E-state index contributed by atoms with van der Waals surface area (Å²) in [5, 5.41) is 11.4. The largest absolute Gasteiger partial charge is 0.496 e. The van der Waals surface area contributed by atoms with Gasteiger partial charge in [0.25, 0.3) is 5.91 Å². The Morgan fingerprint density at radius 3 is 2.46 bits per heavy atom. The first-order valence-electron chi connectivity index (χ1n) is 8.84. The molecule has 1 aliphatic heterocycles. The number of nitrogens with zero attached hydrogens (tertiary/aromatic N) is 2. The van der Waals surface area contributed by atoms with Crippen LogP contribution in [0.2, 0.25) is 0 Å². The van der Waals surface area contributed by atoms with Crippen molar-refractivity contribution in [3.8, 4) is 5.75 Å². The van der Waals surface area contributed by atoms with Crippen LogP contribution in [-0.4, -0.2) is 61.2 Å². The monoisotopic (exact) mass is 354 g/mol.